The second-order valence-electron chi connectivity index (χ2n) is 2.32. The molecule has 0 aliphatic rings. The summed E-state index contributed by atoms with van der Waals surface area (Å²) >= 11 is 0. The fourth-order valence-electron chi connectivity index (χ4n) is 0.630. The lowest BCUT2D eigenvalue weighted by molar-refractivity contribution is 0.254. The fraction of sp³-hybridized carbons (Fsp3) is 0.833. The first-order chi connectivity index (χ1) is 5.55. The maximum absolute atomic E-state index is 10.9. The first kappa shape index (κ1) is 11.4. The van der Waals surface area contributed by atoms with E-state index in [0.29, 0.717) is 6.42 Å². The molecule has 0 bridgehead atoms. The van der Waals surface area contributed by atoms with Crippen LogP contribution in [0.4, 0.5) is 0 Å². The third kappa shape index (κ3) is 4.28. The van der Waals surface area contributed by atoms with Crippen molar-refractivity contribution in [2.75, 3.05) is 12.4 Å². The minimum atomic E-state index is -3.53. The molecular formula is C6H12N2O3S. The molecule has 0 saturated heterocycles. The minimum Gasteiger partial charge on any atom is -0.395 e. The summed E-state index contributed by atoms with van der Waals surface area (Å²) in [5.74, 6) is -0.566. The minimum absolute atomic E-state index is 0.249. The molecule has 0 aliphatic carbocycles. The van der Waals surface area contributed by atoms with Crippen molar-refractivity contribution in [2.24, 2.45) is 0 Å². The summed E-state index contributed by atoms with van der Waals surface area (Å²) < 4.78 is 24.0. The SMILES string of the molecule is CC[C@@H](CO)NS(=O)(=O)CC#N. The number of hydrogen-bond donors (Lipinski definition) is 2. The molecule has 2 N–H and O–H groups in total. The highest BCUT2D eigenvalue weighted by molar-refractivity contribution is 7.89. The first-order valence-corrected chi connectivity index (χ1v) is 5.18. The summed E-state index contributed by atoms with van der Waals surface area (Å²) in [5.41, 5.74) is 0. The molecular weight excluding hydrogens is 180 g/mol. The Balaban J connectivity index is 4.15. The summed E-state index contributed by atoms with van der Waals surface area (Å²) in [5, 5.41) is 16.8. The predicted molar refractivity (Wildman–Crippen MR) is 43.7 cm³/mol. The van der Waals surface area contributed by atoms with Gasteiger partial charge in [0, 0.05) is 6.04 Å². The van der Waals surface area contributed by atoms with Crippen LogP contribution in [-0.4, -0.2) is 31.9 Å². The molecule has 0 aromatic carbocycles. The van der Waals surface area contributed by atoms with Gasteiger partial charge < -0.3 is 5.11 Å². The summed E-state index contributed by atoms with van der Waals surface area (Å²) in [4.78, 5) is 0. The quantitative estimate of drug-likeness (QED) is 0.596. The molecule has 0 fully saturated rings. The van der Waals surface area contributed by atoms with Crippen molar-refractivity contribution in [1.82, 2.24) is 4.72 Å². The van der Waals surface area contributed by atoms with Gasteiger partial charge in [-0.1, -0.05) is 6.92 Å². The van der Waals surface area contributed by atoms with E-state index < -0.39 is 21.8 Å². The average Bonchev–Trinajstić information content (AvgIpc) is 2.00. The number of aliphatic hydroxyl groups is 1. The maximum atomic E-state index is 10.9. The van der Waals surface area contributed by atoms with Gasteiger partial charge in [-0.05, 0) is 6.42 Å². The van der Waals surface area contributed by atoms with Gasteiger partial charge in [-0.2, -0.15) is 5.26 Å². The van der Waals surface area contributed by atoms with Crippen LogP contribution in [0.3, 0.4) is 0 Å². The topological polar surface area (TPSA) is 90.2 Å². The Hall–Kier alpha value is -0.640. The molecule has 0 amide bonds. The highest BCUT2D eigenvalue weighted by Gasteiger charge is 2.14. The Morgan fingerprint density at radius 3 is 2.58 bits per heavy atom. The highest BCUT2D eigenvalue weighted by atomic mass is 32.2. The molecule has 70 valence electrons. The van der Waals surface area contributed by atoms with Gasteiger partial charge in [0.25, 0.3) is 0 Å². The zero-order valence-corrected chi connectivity index (χ0v) is 7.63. The van der Waals surface area contributed by atoms with Crippen molar-refractivity contribution >= 4 is 10.0 Å². The van der Waals surface area contributed by atoms with E-state index in [2.05, 4.69) is 4.72 Å². The number of nitrogens with zero attached hydrogens (tertiary/aromatic N) is 1. The van der Waals surface area contributed by atoms with E-state index in [1.54, 1.807) is 6.92 Å². The number of rotatable bonds is 5. The van der Waals surface area contributed by atoms with E-state index in [0.717, 1.165) is 0 Å². The molecule has 1 atom stereocenters. The van der Waals surface area contributed by atoms with E-state index in [4.69, 9.17) is 10.4 Å². The van der Waals surface area contributed by atoms with Gasteiger partial charge in [0.2, 0.25) is 10.0 Å². The van der Waals surface area contributed by atoms with Crippen molar-refractivity contribution in [3.05, 3.63) is 0 Å². The molecule has 0 saturated carbocycles. The molecule has 0 radical (unpaired) electrons. The monoisotopic (exact) mass is 192 g/mol. The number of sulfonamides is 1. The van der Waals surface area contributed by atoms with E-state index in [1.807, 2.05) is 0 Å². The third-order valence-electron chi connectivity index (χ3n) is 1.31. The normalized spacial score (nSPS) is 13.8. The molecule has 0 aliphatic heterocycles. The van der Waals surface area contributed by atoms with Crippen LogP contribution in [0.5, 0.6) is 0 Å². The maximum Gasteiger partial charge on any atom is 0.225 e. The summed E-state index contributed by atoms with van der Waals surface area (Å²) in [6.07, 6.45) is 0.501. The van der Waals surface area contributed by atoms with Gasteiger partial charge in [0.1, 0.15) is 0 Å². The van der Waals surface area contributed by atoms with Crippen molar-refractivity contribution in [3.63, 3.8) is 0 Å². The Morgan fingerprint density at radius 2 is 2.25 bits per heavy atom. The fourth-order valence-corrected chi connectivity index (χ4v) is 1.63. The second kappa shape index (κ2) is 5.09. The van der Waals surface area contributed by atoms with Crippen LogP contribution in [0, 0.1) is 11.3 Å². The highest BCUT2D eigenvalue weighted by Crippen LogP contribution is 1.93. The van der Waals surface area contributed by atoms with Crippen LogP contribution in [0.25, 0.3) is 0 Å². The molecule has 6 heteroatoms. The standard InChI is InChI=1S/C6H12N2O3S/c1-2-6(5-9)8-12(10,11)4-3-7/h6,8-9H,2,4-5H2,1H3/t6-/m0/s1. The van der Waals surface area contributed by atoms with Crippen LogP contribution in [0.2, 0.25) is 0 Å². The summed E-state index contributed by atoms with van der Waals surface area (Å²) in [7, 11) is -3.53. The molecule has 0 aromatic heterocycles. The Labute approximate surface area is 72.1 Å². The lowest BCUT2D eigenvalue weighted by atomic mass is 10.3. The van der Waals surface area contributed by atoms with Gasteiger partial charge >= 0.3 is 0 Å². The molecule has 0 aromatic rings. The van der Waals surface area contributed by atoms with Gasteiger partial charge in [0.05, 0.1) is 12.7 Å². The summed E-state index contributed by atoms with van der Waals surface area (Å²) in [6, 6.07) is 1.05. The van der Waals surface area contributed by atoms with Gasteiger partial charge in [-0.3, -0.25) is 0 Å². The predicted octanol–water partition coefficient (Wildman–Crippen LogP) is -0.800. The Kier molecular flexibility index (Phi) is 4.81. The van der Waals surface area contributed by atoms with E-state index in [-0.39, 0.29) is 6.61 Å². The second-order valence-corrected chi connectivity index (χ2v) is 4.08. The Bertz CT molecular complexity index is 250. The number of hydrogen-bond acceptors (Lipinski definition) is 4. The largest absolute Gasteiger partial charge is 0.395 e. The van der Waals surface area contributed by atoms with Gasteiger partial charge in [-0.15, -0.1) is 0 Å². The van der Waals surface area contributed by atoms with Crippen LogP contribution in [-0.2, 0) is 10.0 Å². The average molecular weight is 192 g/mol. The smallest absolute Gasteiger partial charge is 0.225 e. The zero-order chi connectivity index (χ0) is 9.61. The number of aliphatic hydroxyl groups excluding tert-OH is 1. The molecule has 12 heavy (non-hydrogen) atoms. The van der Waals surface area contributed by atoms with Gasteiger partial charge in [-0.25, -0.2) is 13.1 Å². The molecule has 0 unspecified atom stereocenters. The van der Waals surface area contributed by atoms with E-state index in [1.165, 1.54) is 6.07 Å². The lowest BCUT2D eigenvalue weighted by Crippen LogP contribution is -2.38. The van der Waals surface area contributed by atoms with Crippen LogP contribution >= 0.6 is 0 Å². The zero-order valence-electron chi connectivity index (χ0n) is 6.82. The molecule has 5 nitrogen and oxygen atoms in total. The van der Waals surface area contributed by atoms with Crippen molar-refractivity contribution in [3.8, 4) is 6.07 Å². The third-order valence-corrected chi connectivity index (χ3v) is 2.52. The van der Waals surface area contributed by atoms with E-state index in [9.17, 15) is 8.42 Å². The number of nitrogens with one attached hydrogen (secondary N) is 1. The number of nitriles is 1. The lowest BCUT2D eigenvalue weighted by Gasteiger charge is -2.11. The van der Waals surface area contributed by atoms with Crippen LogP contribution in [0.15, 0.2) is 0 Å². The van der Waals surface area contributed by atoms with Crippen molar-refractivity contribution < 1.29 is 13.5 Å². The first-order valence-electron chi connectivity index (χ1n) is 3.53. The molecule has 0 rings (SSSR count). The Morgan fingerprint density at radius 1 is 1.67 bits per heavy atom. The molecule has 0 heterocycles. The summed E-state index contributed by atoms with van der Waals surface area (Å²) in [6.45, 7) is 1.50. The van der Waals surface area contributed by atoms with Crippen LogP contribution in [0.1, 0.15) is 13.3 Å². The van der Waals surface area contributed by atoms with E-state index >= 15 is 0 Å². The van der Waals surface area contributed by atoms with Crippen molar-refractivity contribution in [2.45, 2.75) is 19.4 Å². The van der Waals surface area contributed by atoms with Crippen molar-refractivity contribution in [1.29, 1.82) is 5.26 Å². The molecule has 0 spiro atoms. The van der Waals surface area contributed by atoms with Gasteiger partial charge in [0.15, 0.2) is 5.75 Å². The van der Waals surface area contributed by atoms with Crippen LogP contribution < -0.4 is 4.72 Å².